The van der Waals surface area contributed by atoms with Crippen molar-refractivity contribution >= 4 is 18.3 Å². The van der Waals surface area contributed by atoms with Crippen LogP contribution in [0.5, 0.6) is 0 Å². The van der Waals surface area contributed by atoms with Crippen molar-refractivity contribution < 1.29 is 19.1 Å². The number of nitrogens with zero attached hydrogens (tertiary/aromatic N) is 1. The number of alkyl carbamates (subject to hydrolysis) is 1. The maximum atomic E-state index is 12.1. The van der Waals surface area contributed by atoms with E-state index in [0.717, 1.165) is 31.5 Å². The van der Waals surface area contributed by atoms with Gasteiger partial charge in [-0.05, 0) is 31.5 Å². The first-order chi connectivity index (χ1) is 12.4. The molecule has 26 heavy (non-hydrogen) atoms. The van der Waals surface area contributed by atoms with Crippen molar-refractivity contribution in [3.63, 3.8) is 0 Å². The van der Waals surface area contributed by atoms with E-state index in [1.54, 1.807) is 13.8 Å². The summed E-state index contributed by atoms with van der Waals surface area (Å²) in [5, 5.41) is 2.57. The van der Waals surface area contributed by atoms with Crippen LogP contribution in [-0.4, -0.2) is 48.4 Å². The number of primary amides is 1. The summed E-state index contributed by atoms with van der Waals surface area (Å²) in [7, 11) is 0. The molecule has 0 saturated carbocycles. The van der Waals surface area contributed by atoms with Gasteiger partial charge in [0.1, 0.15) is 12.9 Å². The molecule has 1 aliphatic heterocycles. The third-order valence-electron chi connectivity index (χ3n) is 4.90. The van der Waals surface area contributed by atoms with Crippen LogP contribution in [0.2, 0.25) is 0 Å². The normalized spacial score (nSPS) is 17.3. The van der Waals surface area contributed by atoms with Crippen LogP contribution in [0.4, 0.5) is 4.79 Å². The van der Waals surface area contributed by atoms with Gasteiger partial charge in [0.25, 0.3) is 0 Å². The van der Waals surface area contributed by atoms with Crippen molar-refractivity contribution in [1.29, 1.82) is 0 Å². The van der Waals surface area contributed by atoms with Crippen LogP contribution in [0.15, 0.2) is 30.3 Å². The van der Waals surface area contributed by atoms with Crippen molar-refractivity contribution in [3.8, 4) is 0 Å². The molecule has 2 atom stereocenters. The molecule has 0 radical (unpaired) electrons. The zero-order chi connectivity index (χ0) is 19.2. The van der Waals surface area contributed by atoms with Gasteiger partial charge in [-0.2, -0.15) is 0 Å². The Morgan fingerprint density at radius 3 is 2.42 bits per heavy atom. The molecule has 0 spiro atoms. The number of aldehydes is 1. The summed E-state index contributed by atoms with van der Waals surface area (Å²) in [6, 6.07) is 7.70. The predicted molar refractivity (Wildman–Crippen MR) is 97.2 cm³/mol. The van der Waals surface area contributed by atoms with Gasteiger partial charge in [-0.1, -0.05) is 44.2 Å². The molecular formula is C19H27N3O4. The Hall–Kier alpha value is -2.41. The van der Waals surface area contributed by atoms with Crippen molar-refractivity contribution in [2.24, 2.45) is 11.1 Å². The molecule has 7 nitrogen and oxygen atoms in total. The SMILES string of the molecule is CC(C)(C(C=O)NC(=O)OCc1ccccc1)C(C(N)=O)N1CCCC1. The molecule has 1 aliphatic rings. The summed E-state index contributed by atoms with van der Waals surface area (Å²) in [5.74, 6) is -0.497. The molecule has 0 aromatic heterocycles. The van der Waals surface area contributed by atoms with Gasteiger partial charge < -0.3 is 20.6 Å². The molecule has 1 saturated heterocycles. The van der Waals surface area contributed by atoms with Crippen molar-refractivity contribution in [2.75, 3.05) is 13.1 Å². The third-order valence-corrected chi connectivity index (χ3v) is 4.90. The summed E-state index contributed by atoms with van der Waals surface area (Å²) in [6.45, 7) is 5.13. The summed E-state index contributed by atoms with van der Waals surface area (Å²) in [5.41, 5.74) is 5.59. The second kappa shape index (κ2) is 8.80. The van der Waals surface area contributed by atoms with E-state index in [1.807, 2.05) is 35.2 Å². The number of nitrogens with one attached hydrogen (secondary N) is 1. The fourth-order valence-corrected chi connectivity index (χ4v) is 3.47. The lowest BCUT2D eigenvalue weighted by Crippen LogP contribution is -2.60. The van der Waals surface area contributed by atoms with Gasteiger partial charge in [0.2, 0.25) is 5.91 Å². The Kier molecular flexibility index (Phi) is 6.74. The van der Waals surface area contributed by atoms with Crippen LogP contribution < -0.4 is 11.1 Å². The minimum absolute atomic E-state index is 0.101. The van der Waals surface area contributed by atoms with Crippen LogP contribution >= 0.6 is 0 Å². The molecule has 0 aliphatic carbocycles. The first-order valence-corrected chi connectivity index (χ1v) is 8.82. The first kappa shape index (κ1) is 19.9. The molecule has 2 rings (SSSR count). The number of ether oxygens (including phenoxy) is 1. The lowest BCUT2D eigenvalue weighted by molar-refractivity contribution is -0.129. The van der Waals surface area contributed by atoms with E-state index in [2.05, 4.69) is 5.32 Å². The molecule has 1 fully saturated rings. The van der Waals surface area contributed by atoms with Crippen LogP contribution in [0.3, 0.4) is 0 Å². The molecule has 3 N–H and O–H groups in total. The summed E-state index contributed by atoms with van der Waals surface area (Å²) in [4.78, 5) is 37.8. The Balaban J connectivity index is 2.03. The zero-order valence-corrected chi connectivity index (χ0v) is 15.3. The van der Waals surface area contributed by atoms with Crippen molar-refractivity contribution in [2.45, 2.75) is 45.4 Å². The minimum atomic E-state index is -0.899. The number of carbonyl (C=O) groups is 3. The number of nitrogens with two attached hydrogens (primary N) is 1. The number of benzene rings is 1. The predicted octanol–water partition coefficient (Wildman–Crippen LogP) is 1.46. The van der Waals surface area contributed by atoms with Crippen LogP contribution in [0.25, 0.3) is 0 Å². The maximum absolute atomic E-state index is 12.1. The molecule has 2 unspecified atom stereocenters. The summed E-state index contributed by atoms with van der Waals surface area (Å²) in [6.07, 6.45) is 1.90. The van der Waals surface area contributed by atoms with E-state index >= 15 is 0 Å². The molecular weight excluding hydrogens is 334 g/mol. The number of rotatable bonds is 8. The van der Waals surface area contributed by atoms with E-state index < -0.39 is 29.5 Å². The van der Waals surface area contributed by atoms with Crippen LogP contribution in [-0.2, 0) is 20.9 Å². The average molecular weight is 361 g/mol. The highest BCUT2D eigenvalue weighted by Crippen LogP contribution is 2.31. The second-order valence-electron chi connectivity index (χ2n) is 7.19. The van der Waals surface area contributed by atoms with Crippen LogP contribution in [0.1, 0.15) is 32.3 Å². The summed E-state index contributed by atoms with van der Waals surface area (Å²) < 4.78 is 5.18. The smallest absolute Gasteiger partial charge is 0.408 e. The molecule has 1 aromatic carbocycles. The Labute approximate surface area is 153 Å². The van der Waals surface area contributed by atoms with Gasteiger partial charge in [0, 0.05) is 5.41 Å². The number of likely N-dealkylation sites (tertiary alicyclic amines) is 1. The highest BCUT2D eigenvalue weighted by atomic mass is 16.5. The lowest BCUT2D eigenvalue weighted by atomic mass is 9.76. The topological polar surface area (TPSA) is 102 Å². The highest BCUT2D eigenvalue weighted by Gasteiger charge is 2.45. The molecule has 0 bridgehead atoms. The van der Waals surface area contributed by atoms with Gasteiger partial charge in [-0.3, -0.25) is 9.69 Å². The quantitative estimate of drug-likeness (QED) is 0.683. The van der Waals surface area contributed by atoms with Gasteiger partial charge in [0.05, 0.1) is 12.1 Å². The van der Waals surface area contributed by atoms with E-state index in [0.29, 0.717) is 6.29 Å². The first-order valence-electron chi connectivity index (χ1n) is 8.82. The molecule has 1 aromatic rings. The highest BCUT2D eigenvalue weighted by molar-refractivity contribution is 5.83. The number of amides is 2. The maximum Gasteiger partial charge on any atom is 0.408 e. The van der Waals surface area contributed by atoms with Gasteiger partial charge in [0.15, 0.2) is 0 Å². The molecule has 1 heterocycles. The number of hydrogen-bond donors (Lipinski definition) is 2. The fraction of sp³-hybridized carbons (Fsp3) is 0.526. The second-order valence-corrected chi connectivity index (χ2v) is 7.19. The van der Waals surface area contributed by atoms with Gasteiger partial charge in [-0.15, -0.1) is 0 Å². The van der Waals surface area contributed by atoms with Crippen molar-refractivity contribution in [3.05, 3.63) is 35.9 Å². The number of hydrogen-bond acceptors (Lipinski definition) is 5. The Morgan fingerprint density at radius 2 is 1.88 bits per heavy atom. The average Bonchev–Trinajstić information content (AvgIpc) is 3.11. The number of carbonyl (C=O) groups excluding carboxylic acids is 3. The zero-order valence-electron chi connectivity index (χ0n) is 15.3. The third kappa shape index (κ3) is 4.82. The monoisotopic (exact) mass is 361 g/mol. The van der Waals surface area contributed by atoms with E-state index in [-0.39, 0.29) is 6.61 Å². The van der Waals surface area contributed by atoms with Gasteiger partial charge in [-0.25, -0.2) is 4.79 Å². The largest absolute Gasteiger partial charge is 0.445 e. The summed E-state index contributed by atoms with van der Waals surface area (Å²) >= 11 is 0. The lowest BCUT2D eigenvalue weighted by Gasteiger charge is -2.41. The molecule has 2 amide bonds. The van der Waals surface area contributed by atoms with Crippen molar-refractivity contribution in [1.82, 2.24) is 10.2 Å². The molecule has 142 valence electrons. The van der Waals surface area contributed by atoms with Crippen LogP contribution in [0, 0.1) is 5.41 Å². The Bertz CT molecular complexity index is 627. The van der Waals surface area contributed by atoms with E-state index in [4.69, 9.17) is 10.5 Å². The van der Waals surface area contributed by atoms with Gasteiger partial charge >= 0.3 is 6.09 Å². The Morgan fingerprint density at radius 1 is 1.27 bits per heavy atom. The minimum Gasteiger partial charge on any atom is -0.445 e. The van der Waals surface area contributed by atoms with E-state index in [1.165, 1.54) is 0 Å². The standard InChI is InChI=1S/C19H27N3O4/c1-19(2,16(17(20)24)22-10-6-7-11-22)15(12-23)21-18(25)26-13-14-8-4-3-5-9-14/h3-5,8-9,12,15-16H,6-7,10-11,13H2,1-2H3,(H2,20,24)(H,21,25). The fourth-order valence-electron chi connectivity index (χ4n) is 3.47. The molecule has 7 heteroatoms. The van der Waals surface area contributed by atoms with E-state index in [9.17, 15) is 14.4 Å².